The molecule has 0 saturated carbocycles. The molecule has 9 heteroatoms. The summed E-state index contributed by atoms with van der Waals surface area (Å²) >= 11 is 0. The SMILES string of the molecule is CCOc1ccc(S(=O)(=O)NCCOc2cc(N3CCCC3)nc(C)n2)cc1. The number of hydrogen-bond acceptors (Lipinski definition) is 7. The molecule has 0 bridgehead atoms. The van der Waals surface area contributed by atoms with E-state index in [1.807, 2.05) is 13.8 Å². The molecule has 8 nitrogen and oxygen atoms in total. The van der Waals surface area contributed by atoms with Crippen LogP contribution in [0.4, 0.5) is 5.82 Å². The molecular weight excluding hydrogens is 380 g/mol. The van der Waals surface area contributed by atoms with Crippen molar-refractivity contribution in [3.63, 3.8) is 0 Å². The van der Waals surface area contributed by atoms with Crippen LogP contribution >= 0.6 is 0 Å². The number of nitrogens with one attached hydrogen (secondary N) is 1. The number of anilines is 1. The van der Waals surface area contributed by atoms with Gasteiger partial charge in [-0.05, 0) is 51.0 Å². The minimum atomic E-state index is -3.60. The minimum absolute atomic E-state index is 0.137. The fraction of sp³-hybridized carbons (Fsp3) is 0.474. The predicted octanol–water partition coefficient (Wildman–Crippen LogP) is 2.14. The van der Waals surface area contributed by atoms with E-state index in [9.17, 15) is 8.42 Å². The third-order valence-corrected chi connectivity index (χ3v) is 5.80. The molecule has 28 heavy (non-hydrogen) atoms. The lowest BCUT2D eigenvalue weighted by Gasteiger charge is -2.17. The summed E-state index contributed by atoms with van der Waals surface area (Å²) < 4.78 is 38.2. The molecule has 1 aromatic carbocycles. The average molecular weight is 407 g/mol. The number of hydrogen-bond donors (Lipinski definition) is 1. The summed E-state index contributed by atoms with van der Waals surface area (Å²) in [5, 5.41) is 0. The third-order valence-electron chi connectivity index (χ3n) is 4.32. The highest BCUT2D eigenvalue weighted by molar-refractivity contribution is 7.89. The van der Waals surface area contributed by atoms with Gasteiger partial charge in [0.1, 0.15) is 24.0 Å². The Labute approximate surface area is 166 Å². The molecule has 1 aliphatic heterocycles. The van der Waals surface area contributed by atoms with Gasteiger partial charge >= 0.3 is 0 Å². The molecule has 2 heterocycles. The second-order valence-corrected chi connectivity index (χ2v) is 8.22. The van der Waals surface area contributed by atoms with Crippen LogP contribution in [0.1, 0.15) is 25.6 Å². The van der Waals surface area contributed by atoms with Gasteiger partial charge in [-0.1, -0.05) is 0 Å². The first kappa shape index (κ1) is 20.3. The van der Waals surface area contributed by atoms with Gasteiger partial charge in [0.05, 0.1) is 11.5 Å². The molecule has 0 radical (unpaired) electrons. The van der Waals surface area contributed by atoms with Crippen LogP contribution in [-0.2, 0) is 10.0 Å². The fourth-order valence-corrected chi connectivity index (χ4v) is 4.02. The second kappa shape index (κ2) is 9.20. The van der Waals surface area contributed by atoms with Crippen LogP contribution in [-0.4, -0.2) is 51.2 Å². The molecule has 0 aliphatic carbocycles. The first-order valence-electron chi connectivity index (χ1n) is 9.44. The van der Waals surface area contributed by atoms with E-state index in [0.717, 1.165) is 31.7 Å². The van der Waals surface area contributed by atoms with E-state index in [1.165, 1.54) is 12.1 Å². The Morgan fingerprint density at radius 2 is 1.82 bits per heavy atom. The van der Waals surface area contributed by atoms with E-state index in [1.54, 1.807) is 18.2 Å². The van der Waals surface area contributed by atoms with Crippen molar-refractivity contribution < 1.29 is 17.9 Å². The van der Waals surface area contributed by atoms with Crippen molar-refractivity contribution in [1.29, 1.82) is 0 Å². The van der Waals surface area contributed by atoms with E-state index in [-0.39, 0.29) is 18.0 Å². The lowest BCUT2D eigenvalue weighted by molar-refractivity contribution is 0.309. The molecule has 1 saturated heterocycles. The maximum absolute atomic E-state index is 12.4. The maximum Gasteiger partial charge on any atom is 0.240 e. The van der Waals surface area contributed by atoms with Crippen LogP contribution in [0.25, 0.3) is 0 Å². The number of sulfonamides is 1. The molecule has 0 unspecified atom stereocenters. The summed E-state index contributed by atoms with van der Waals surface area (Å²) in [5.41, 5.74) is 0. The van der Waals surface area contributed by atoms with E-state index in [4.69, 9.17) is 9.47 Å². The van der Waals surface area contributed by atoms with Crippen LogP contribution in [0.5, 0.6) is 11.6 Å². The lowest BCUT2D eigenvalue weighted by atomic mass is 10.3. The number of rotatable bonds is 9. The van der Waals surface area contributed by atoms with Gasteiger partial charge in [0, 0.05) is 25.7 Å². The Morgan fingerprint density at radius 1 is 1.11 bits per heavy atom. The van der Waals surface area contributed by atoms with Gasteiger partial charge in [0.25, 0.3) is 0 Å². The summed E-state index contributed by atoms with van der Waals surface area (Å²) in [5.74, 6) is 2.58. The van der Waals surface area contributed by atoms with Gasteiger partial charge < -0.3 is 14.4 Å². The van der Waals surface area contributed by atoms with Gasteiger partial charge in [0.15, 0.2) is 0 Å². The zero-order chi connectivity index (χ0) is 20.0. The summed E-state index contributed by atoms with van der Waals surface area (Å²) in [6.07, 6.45) is 2.32. The Hall–Kier alpha value is -2.39. The Morgan fingerprint density at radius 3 is 2.50 bits per heavy atom. The fourth-order valence-electron chi connectivity index (χ4n) is 3.00. The molecule has 152 valence electrons. The van der Waals surface area contributed by atoms with E-state index >= 15 is 0 Å². The van der Waals surface area contributed by atoms with Crippen LogP contribution < -0.4 is 19.1 Å². The predicted molar refractivity (Wildman–Crippen MR) is 107 cm³/mol. The monoisotopic (exact) mass is 406 g/mol. The van der Waals surface area contributed by atoms with Crippen molar-refractivity contribution in [3.8, 4) is 11.6 Å². The highest BCUT2D eigenvalue weighted by Crippen LogP contribution is 2.21. The van der Waals surface area contributed by atoms with Gasteiger partial charge in [-0.15, -0.1) is 0 Å². The lowest BCUT2D eigenvalue weighted by Crippen LogP contribution is -2.28. The van der Waals surface area contributed by atoms with Crippen molar-refractivity contribution in [2.75, 3.05) is 37.7 Å². The van der Waals surface area contributed by atoms with Crippen molar-refractivity contribution in [1.82, 2.24) is 14.7 Å². The normalized spacial score (nSPS) is 14.3. The molecule has 1 aromatic heterocycles. The zero-order valence-electron chi connectivity index (χ0n) is 16.2. The highest BCUT2D eigenvalue weighted by atomic mass is 32.2. The van der Waals surface area contributed by atoms with E-state index in [2.05, 4.69) is 19.6 Å². The van der Waals surface area contributed by atoms with Gasteiger partial charge in [0.2, 0.25) is 15.9 Å². The largest absolute Gasteiger partial charge is 0.494 e. The molecule has 0 spiro atoms. The van der Waals surface area contributed by atoms with Gasteiger partial charge in [-0.3, -0.25) is 0 Å². The van der Waals surface area contributed by atoms with Crippen LogP contribution in [0.15, 0.2) is 35.2 Å². The molecule has 3 rings (SSSR count). The van der Waals surface area contributed by atoms with Crippen molar-refractivity contribution in [2.24, 2.45) is 0 Å². The standard InChI is InChI=1S/C19H26N4O4S/c1-3-26-16-6-8-17(9-7-16)28(24,25)20-10-13-27-19-14-18(21-15(2)22-19)23-11-4-5-12-23/h6-9,14,20H,3-5,10-13H2,1-2H3. The van der Waals surface area contributed by atoms with Crippen molar-refractivity contribution in [3.05, 3.63) is 36.2 Å². The molecule has 1 fully saturated rings. The van der Waals surface area contributed by atoms with Crippen LogP contribution in [0, 0.1) is 6.92 Å². The molecule has 0 amide bonds. The minimum Gasteiger partial charge on any atom is -0.494 e. The zero-order valence-corrected chi connectivity index (χ0v) is 17.0. The number of nitrogens with zero attached hydrogens (tertiary/aromatic N) is 3. The molecular formula is C19H26N4O4S. The Bertz CT molecular complexity index is 881. The first-order chi connectivity index (χ1) is 13.5. The highest BCUT2D eigenvalue weighted by Gasteiger charge is 2.16. The van der Waals surface area contributed by atoms with Gasteiger partial charge in [-0.25, -0.2) is 18.1 Å². The number of ether oxygens (including phenoxy) is 2. The topological polar surface area (TPSA) is 93.7 Å². The Balaban J connectivity index is 1.53. The molecule has 1 aliphatic rings. The summed E-state index contributed by atoms with van der Waals surface area (Å²) in [6, 6.07) is 8.12. The quantitative estimate of drug-likeness (QED) is 0.638. The van der Waals surface area contributed by atoms with E-state index < -0.39 is 10.0 Å². The second-order valence-electron chi connectivity index (χ2n) is 6.46. The van der Waals surface area contributed by atoms with Crippen LogP contribution in [0.2, 0.25) is 0 Å². The Kier molecular flexibility index (Phi) is 6.69. The third kappa shape index (κ3) is 5.32. The molecule has 0 atom stereocenters. The summed E-state index contributed by atoms with van der Waals surface area (Å²) in [4.78, 5) is 11.1. The van der Waals surface area contributed by atoms with Crippen molar-refractivity contribution in [2.45, 2.75) is 31.6 Å². The smallest absolute Gasteiger partial charge is 0.240 e. The number of benzene rings is 1. The van der Waals surface area contributed by atoms with Crippen LogP contribution in [0.3, 0.4) is 0 Å². The molecule has 2 aromatic rings. The summed E-state index contributed by atoms with van der Waals surface area (Å²) in [7, 11) is -3.60. The summed E-state index contributed by atoms with van der Waals surface area (Å²) in [6.45, 7) is 6.50. The van der Waals surface area contributed by atoms with Gasteiger partial charge in [-0.2, -0.15) is 4.98 Å². The van der Waals surface area contributed by atoms with Crippen molar-refractivity contribution >= 4 is 15.8 Å². The average Bonchev–Trinajstić information content (AvgIpc) is 3.21. The number of aryl methyl sites for hydroxylation is 1. The first-order valence-corrected chi connectivity index (χ1v) is 10.9. The maximum atomic E-state index is 12.4. The number of aromatic nitrogens is 2. The molecule has 1 N–H and O–H groups in total. The van der Waals surface area contributed by atoms with E-state index in [0.29, 0.717) is 24.1 Å².